The molecule has 0 unspecified atom stereocenters. The van der Waals surface area contributed by atoms with Crippen molar-refractivity contribution >= 4 is 11.8 Å². The zero-order valence-electron chi connectivity index (χ0n) is 10.7. The fourth-order valence-electron chi connectivity index (χ4n) is 2.57. The van der Waals surface area contributed by atoms with Crippen molar-refractivity contribution in [2.24, 2.45) is 0 Å². The van der Waals surface area contributed by atoms with Crippen molar-refractivity contribution in [3.8, 4) is 0 Å². The number of aliphatic hydroxyl groups is 1. The molecule has 96 valence electrons. The molecular formula is C13H27NOS. The first-order valence-electron chi connectivity index (χ1n) is 6.81. The van der Waals surface area contributed by atoms with E-state index in [2.05, 4.69) is 11.8 Å². The van der Waals surface area contributed by atoms with Crippen molar-refractivity contribution in [1.82, 2.24) is 4.90 Å². The molecule has 0 aromatic carbocycles. The van der Waals surface area contributed by atoms with E-state index in [1.54, 1.807) is 0 Å². The van der Waals surface area contributed by atoms with Crippen LogP contribution < -0.4 is 0 Å². The first kappa shape index (κ1) is 14.3. The Morgan fingerprint density at radius 2 is 1.94 bits per heavy atom. The average molecular weight is 245 g/mol. The van der Waals surface area contributed by atoms with Crippen LogP contribution in [0.1, 0.15) is 45.4 Å². The third-order valence-electron chi connectivity index (χ3n) is 3.42. The molecule has 1 rings (SSSR count). The molecule has 1 saturated carbocycles. The van der Waals surface area contributed by atoms with Crippen molar-refractivity contribution in [1.29, 1.82) is 0 Å². The minimum Gasteiger partial charge on any atom is -0.395 e. The van der Waals surface area contributed by atoms with Gasteiger partial charge in [-0.05, 0) is 37.3 Å². The largest absolute Gasteiger partial charge is 0.395 e. The van der Waals surface area contributed by atoms with E-state index in [0.29, 0.717) is 6.61 Å². The molecule has 0 heterocycles. The van der Waals surface area contributed by atoms with Crippen LogP contribution in [-0.4, -0.2) is 47.3 Å². The van der Waals surface area contributed by atoms with E-state index >= 15 is 0 Å². The fourth-order valence-corrected chi connectivity index (χ4v) is 3.19. The van der Waals surface area contributed by atoms with Crippen molar-refractivity contribution in [3.05, 3.63) is 0 Å². The molecule has 1 aliphatic carbocycles. The molecular weight excluding hydrogens is 218 g/mol. The third-order valence-corrected chi connectivity index (χ3v) is 4.40. The van der Waals surface area contributed by atoms with Gasteiger partial charge in [-0.2, -0.15) is 11.8 Å². The topological polar surface area (TPSA) is 23.5 Å². The summed E-state index contributed by atoms with van der Waals surface area (Å²) in [5.74, 6) is 2.49. The van der Waals surface area contributed by atoms with Crippen LogP contribution in [0.25, 0.3) is 0 Å². The molecule has 0 saturated heterocycles. The number of aliphatic hydroxyl groups excluding tert-OH is 1. The zero-order chi connectivity index (χ0) is 11.6. The minimum absolute atomic E-state index is 0.317. The predicted molar refractivity (Wildman–Crippen MR) is 73.1 cm³/mol. The summed E-state index contributed by atoms with van der Waals surface area (Å²) in [6, 6.07) is 0.757. The third kappa shape index (κ3) is 5.55. The summed E-state index contributed by atoms with van der Waals surface area (Å²) in [7, 11) is 0. The Morgan fingerprint density at radius 3 is 2.56 bits per heavy atom. The van der Waals surface area contributed by atoms with E-state index in [9.17, 15) is 0 Å². The number of nitrogens with zero attached hydrogens (tertiary/aromatic N) is 1. The Morgan fingerprint density at radius 1 is 1.19 bits per heavy atom. The Bertz CT molecular complexity index is 160. The highest BCUT2D eigenvalue weighted by molar-refractivity contribution is 7.99. The van der Waals surface area contributed by atoms with Gasteiger partial charge >= 0.3 is 0 Å². The van der Waals surface area contributed by atoms with E-state index in [4.69, 9.17) is 5.11 Å². The molecule has 16 heavy (non-hydrogen) atoms. The van der Waals surface area contributed by atoms with Crippen molar-refractivity contribution in [2.45, 2.75) is 51.5 Å². The van der Waals surface area contributed by atoms with Gasteiger partial charge in [-0.1, -0.05) is 26.2 Å². The Hall–Kier alpha value is 0.270. The summed E-state index contributed by atoms with van der Waals surface area (Å²) < 4.78 is 0. The second-order valence-electron chi connectivity index (χ2n) is 4.60. The molecule has 0 aliphatic heterocycles. The van der Waals surface area contributed by atoms with Crippen molar-refractivity contribution in [3.63, 3.8) is 0 Å². The van der Waals surface area contributed by atoms with Gasteiger partial charge in [-0.25, -0.2) is 0 Å². The number of rotatable bonds is 8. The SMILES string of the molecule is CCSCCCN(CCO)C1CCCCC1. The first-order chi connectivity index (χ1) is 7.88. The lowest BCUT2D eigenvalue weighted by molar-refractivity contribution is 0.124. The summed E-state index contributed by atoms with van der Waals surface area (Å²) in [4.78, 5) is 2.52. The van der Waals surface area contributed by atoms with Crippen LogP contribution in [0.5, 0.6) is 0 Å². The normalized spacial score (nSPS) is 18.2. The van der Waals surface area contributed by atoms with Crippen molar-refractivity contribution < 1.29 is 5.11 Å². The monoisotopic (exact) mass is 245 g/mol. The van der Waals surface area contributed by atoms with Crippen molar-refractivity contribution in [2.75, 3.05) is 31.2 Å². The smallest absolute Gasteiger partial charge is 0.0558 e. The quantitative estimate of drug-likeness (QED) is 0.665. The van der Waals surface area contributed by atoms with Crippen LogP contribution in [0.2, 0.25) is 0 Å². The van der Waals surface area contributed by atoms with Crippen LogP contribution in [0.4, 0.5) is 0 Å². The van der Waals surface area contributed by atoms with Gasteiger partial charge in [-0.3, -0.25) is 4.90 Å². The van der Waals surface area contributed by atoms with E-state index in [1.807, 2.05) is 11.8 Å². The van der Waals surface area contributed by atoms with Gasteiger partial charge in [0.15, 0.2) is 0 Å². The van der Waals surface area contributed by atoms with E-state index in [0.717, 1.165) is 12.6 Å². The minimum atomic E-state index is 0.317. The van der Waals surface area contributed by atoms with Crippen LogP contribution in [0.3, 0.4) is 0 Å². The van der Waals surface area contributed by atoms with Crippen LogP contribution in [-0.2, 0) is 0 Å². The van der Waals surface area contributed by atoms with Gasteiger partial charge in [0.2, 0.25) is 0 Å². The molecule has 1 aliphatic rings. The molecule has 0 spiro atoms. The Balaban J connectivity index is 2.22. The summed E-state index contributed by atoms with van der Waals surface area (Å²) in [5.41, 5.74) is 0. The summed E-state index contributed by atoms with van der Waals surface area (Å²) in [6.45, 7) is 4.59. The molecule has 1 fully saturated rings. The maximum absolute atomic E-state index is 9.12. The number of thioether (sulfide) groups is 1. The van der Waals surface area contributed by atoms with E-state index in [1.165, 1.54) is 56.6 Å². The second kappa shape index (κ2) is 9.32. The lowest BCUT2D eigenvalue weighted by Crippen LogP contribution is -2.39. The summed E-state index contributed by atoms with van der Waals surface area (Å²) in [5, 5.41) is 9.12. The average Bonchev–Trinajstić information content (AvgIpc) is 2.34. The van der Waals surface area contributed by atoms with Crippen LogP contribution in [0, 0.1) is 0 Å². The Kier molecular flexibility index (Phi) is 8.34. The molecule has 0 aromatic heterocycles. The highest BCUT2D eigenvalue weighted by atomic mass is 32.2. The van der Waals surface area contributed by atoms with Gasteiger partial charge in [0.05, 0.1) is 6.61 Å². The molecule has 0 radical (unpaired) electrons. The maximum atomic E-state index is 9.12. The van der Waals surface area contributed by atoms with Crippen LogP contribution >= 0.6 is 11.8 Å². The maximum Gasteiger partial charge on any atom is 0.0558 e. The molecule has 1 N–H and O–H groups in total. The highest BCUT2D eigenvalue weighted by Crippen LogP contribution is 2.22. The lowest BCUT2D eigenvalue weighted by atomic mass is 9.94. The van der Waals surface area contributed by atoms with Gasteiger partial charge in [0, 0.05) is 12.6 Å². The Labute approximate surface area is 105 Å². The highest BCUT2D eigenvalue weighted by Gasteiger charge is 2.19. The molecule has 3 heteroatoms. The summed E-state index contributed by atoms with van der Waals surface area (Å²) in [6.07, 6.45) is 8.15. The van der Waals surface area contributed by atoms with Gasteiger partial charge in [0.1, 0.15) is 0 Å². The summed E-state index contributed by atoms with van der Waals surface area (Å²) >= 11 is 2.03. The van der Waals surface area contributed by atoms with Crippen LogP contribution in [0.15, 0.2) is 0 Å². The number of hydrogen-bond donors (Lipinski definition) is 1. The molecule has 0 bridgehead atoms. The second-order valence-corrected chi connectivity index (χ2v) is 6.00. The molecule has 0 amide bonds. The zero-order valence-corrected chi connectivity index (χ0v) is 11.5. The standard InChI is InChI=1S/C13H27NOS/c1-2-16-12-6-9-14(10-11-15)13-7-4-3-5-8-13/h13,15H,2-12H2,1H3. The fraction of sp³-hybridized carbons (Fsp3) is 1.00. The van der Waals surface area contributed by atoms with E-state index in [-0.39, 0.29) is 0 Å². The first-order valence-corrected chi connectivity index (χ1v) is 7.96. The lowest BCUT2D eigenvalue weighted by Gasteiger charge is -2.33. The number of hydrogen-bond acceptors (Lipinski definition) is 3. The van der Waals surface area contributed by atoms with Gasteiger partial charge in [0.25, 0.3) is 0 Å². The van der Waals surface area contributed by atoms with Gasteiger partial charge in [-0.15, -0.1) is 0 Å². The molecule has 0 aromatic rings. The van der Waals surface area contributed by atoms with E-state index < -0.39 is 0 Å². The molecule has 2 nitrogen and oxygen atoms in total. The molecule has 0 atom stereocenters. The van der Waals surface area contributed by atoms with Gasteiger partial charge < -0.3 is 5.11 Å². The predicted octanol–water partition coefficient (Wildman–Crippen LogP) is 2.76.